The van der Waals surface area contributed by atoms with Crippen LogP contribution in [0.4, 0.5) is 5.69 Å². The van der Waals surface area contributed by atoms with Gasteiger partial charge in [0, 0.05) is 31.2 Å². The minimum Gasteiger partial charge on any atom is -0.396 e. The minimum absolute atomic E-state index is 0.352. The van der Waals surface area contributed by atoms with Gasteiger partial charge in [-0.25, -0.2) is 4.99 Å². The fourth-order valence-electron chi connectivity index (χ4n) is 2.04. The van der Waals surface area contributed by atoms with E-state index in [-0.39, 0.29) is 0 Å². The monoisotopic (exact) mass is 320 g/mol. The fourth-order valence-corrected chi connectivity index (χ4v) is 2.17. The van der Waals surface area contributed by atoms with Gasteiger partial charge in [0.05, 0.1) is 30.2 Å². The van der Waals surface area contributed by atoms with E-state index in [9.17, 15) is 0 Å². The summed E-state index contributed by atoms with van der Waals surface area (Å²) >= 11 is 5.92. The van der Waals surface area contributed by atoms with Gasteiger partial charge in [0.15, 0.2) is 0 Å². The number of rotatable bonds is 7. The lowest BCUT2D eigenvalue weighted by Gasteiger charge is -2.07. The number of nitrogens with zero attached hydrogens (tertiary/aromatic N) is 4. The Labute approximate surface area is 135 Å². The highest BCUT2D eigenvalue weighted by molar-refractivity contribution is 6.28. The van der Waals surface area contributed by atoms with E-state index in [0.29, 0.717) is 19.0 Å². The molecule has 1 heterocycles. The van der Waals surface area contributed by atoms with Crippen molar-refractivity contribution in [2.45, 2.75) is 13.5 Å². The molecule has 0 aliphatic heterocycles. The van der Waals surface area contributed by atoms with E-state index >= 15 is 0 Å². The summed E-state index contributed by atoms with van der Waals surface area (Å²) in [6.45, 7) is 3.06. The van der Waals surface area contributed by atoms with Crippen molar-refractivity contribution in [3.8, 4) is 0 Å². The molecule has 2 rings (SSSR count). The van der Waals surface area contributed by atoms with Crippen LogP contribution in [0.1, 0.15) is 6.92 Å². The predicted octanol–water partition coefficient (Wildman–Crippen LogP) is 3.49. The summed E-state index contributed by atoms with van der Waals surface area (Å²) in [5, 5.41) is 5.18. The number of alkyl halides is 1. The summed E-state index contributed by atoms with van der Waals surface area (Å²) in [6, 6.07) is 8.19. The van der Waals surface area contributed by atoms with E-state index in [1.54, 1.807) is 6.34 Å². The molecule has 5 nitrogen and oxygen atoms in total. The second-order valence-electron chi connectivity index (χ2n) is 5.10. The van der Waals surface area contributed by atoms with E-state index in [4.69, 9.17) is 16.4 Å². The number of oxime groups is 1. The van der Waals surface area contributed by atoms with Crippen molar-refractivity contribution >= 4 is 40.2 Å². The molecule has 0 N–H and O–H groups in total. The van der Waals surface area contributed by atoms with Crippen LogP contribution in [0.3, 0.4) is 0 Å². The lowest BCUT2D eigenvalue weighted by Crippen LogP contribution is -2.11. The zero-order valence-corrected chi connectivity index (χ0v) is 13.9. The number of benzene rings is 1. The quantitative estimate of drug-likeness (QED) is 0.339. The highest BCUT2D eigenvalue weighted by Crippen LogP contribution is 2.22. The summed E-state index contributed by atoms with van der Waals surface area (Å²) < 4.78 is 2.11. The first-order valence-electron chi connectivity index (χ1n) is 7.17. The SMILES string of the molecule is CCO/N=C(/CCl)Cn1ccc2cc(/N=C\N(C)C)ccc21. The number of hydrogen-bond acceptors (Lipinski definition) is 3. The predicted molar refractivity (Wildman–Crippen MR) is 93.6 cm³/mol. The van der Waals surface area contributed by atoms with E-state index in [0.717, 1.165) is 22.3 Å². The maximum Gasteiger partial charge on any atom is 0.114 e. The molecule has 0 bridgehead atoms. The molecule has 22 heavy (non-hydrogen) atoms. The summed E-state index contributed by atoms with van der Waals surface area (Å²) in [5.41, 5.74) is 2.85. The number of aliphatic imine (C=N–C) groups is 1. The molecule has 0 spiro atoms. The highest BCUT2D eigenvalue weighted by Gasteiger charge is 2.05. The Morgan fingerprint density at radius 2 is 2.18 bits per heavy atom. The van der Waals surface area contributed by atoms with Crippen LogP contribution in [0.15, 0.2) is 40.6 Å². The van der Waals surface area contributed by atoms with Crippen molar-refractivity contribution < 1.29 is 4.84 Å². The van der Waals surface area contributed by atoms with Gasteiger partial charge in [-0.15, -0.1) is 11.6 Å². The zero-order valence-electron chi connectivity index (χ0n) is 13.2. The molecule has 0 unspecified atom stereocenters. The molecule has 2 aromatic rings. The van der Waals surface area contributed by atoms with Crippen molar-refractivity contribution in [1.29, 1.82) is 0 Å². The van der Waals surface area contributed by atoms with Crippen LogP contribution in [0.25, 0.3) is 10.9 Å². The van der Waals surface area contributed by atoms with Gasteiger partial charge >= 0.3 is 0 Å². The third-order valence-corrected chi connectivity index (χ3v) is 3.33. The van der Waals surface area contributed by atoms with Gasteiger partial charge in [0.1, 0.15) is 6.61 Å². The first-order chi connectivity index (χ1) is 10.6. The highest BCUT2D eigenvalue weighted by atomic mass is 35.5. The van der Waals surface area contributed by atoms with Crippen LogP contribution in [-0.2, 0) is 11.4 Å². The largest absolute Gasteiger partial charge is 0.396 e. The minimum atomic E-state index is 0.352. The number of hydrogen-bond donors (Lipinski definition) is 0. The Balaban J connectivity index is 2.22. The molecule has 6 heteroatoms. The van der Waals surface area contributed by atoms with Gasteiger partial charge in [-0.2, -0.15) is 0 Å². The van der Waals surface area contributed by atoms with E-state index in [2.05, 4.69) is 32.9 Å². The third-order valence-electron chi connectivity index (χ3n) is 3.02. The molecule has 118 valence electrons. The lowest BCUT2D eigenvalue weighted by atomic mass is 10.2. The van der Waals surface area contributed by atoms with Crippen molar-refractivity contribution in [3.05, 3.63) is 30.5 Å². The first kappa shape index (κ1) is 16.4. The molecule has 1 aromatic carbocycles. The molecular weight excluding hydrogens is 300 g/mol. The summed E-state index contributed by atoms with van der Waals surface area (Å²) in [7, 11) is 3.90. The topological polar surface area (TPSA) is 42.1 Å². The molecular formula is C16H21ClN4O. The molecule has 0 radical (unpaired) electrons. The number of fused-ring (bicyclic) bond motifs is 1. The third kappa shape index (κ3) is 4.24. The average molecular weight is 321 g/mol. The van der Waals surface area contributed by atoms with E-state index < -0.39 is 0 Å². The molecule has 0 fully saturated rings. The smallest absolute Gasteiger partial charge is 0.114 e. The van der Waals surface area contributed by atoms with Crippen molar-refractivity contribution in [2.24, 2.45) is 10.1 Å². The van der Waals surface area contributed by atoms with Gasteiger partial charge in [-0.1, -0.05) is 5.16 Å². The molecule has 0 saturated carbocycles. The normalized spacial score (nSPS) is 12.3. The second-order valence-corrected chi connectivity index (χ2v) is 5.37. The van der Waals surface area contributed by atoms with Gasteiger partial charge in [0.25, 0.3) is 0 Å². The van der Waals surface area contributed by atoms with Crippen molar-refractivity contribution in [2.75, 3.05) is 26.6 Å². The molecule has 0 atom stereocenters. The Hall–Kier alpha value is -2.01. The van der Waals surface area contributed by atoms with Crippen LogP contribution in [-0.4, -0.2) is 48.1 Å². The zero-order chi connectivity index (χ0) is 15.9. The Morgan fingerprint density at radius 3 is 2.86 bits per heavy atom. The number of aromatic nitrogens is 1. The molecule has 0 aliphatic carbocycles. The molecule has 0 aliphatic rings. The number of halogens is 1. The van der Waals surface area contributed by atoms with Gasteiger partial charge in [0.2, 0.25) is 0 Å². The van der Waals surface area contributed by atoms with Crippen LogP contribution in [0.2, 0.25) is 0 Å². The fraction of sp³-hybridized carbons (Fsp3) is 0.375. The summed E-state index contributed by atoms with van der Waals surface area (Å²) in [5.74, 6) is 0.352. The molecule has 0 amide bonds. The van der Waals surface area contributed by atoms with E-state index in [1.807, 2.05) is 38.2 Å². The maximum atomic E-state index is 5.92. The molecule has 0 saturated heterocycles. The molecule has 1 aromatic heterocycles. The summed E-state index contributed by atoms with van der Waals surface area (Å²) in [4.78, 5) is 11.4. The Kier molecular flexibility index (Phi) is 5.83. The average Bonchev–Trinajstić information content (AvgIpc) is 2.91. The van der Waals surface area contributed by atoms with Crippen LogP contribution < -0.4 is 0 Å². The maximum absolute atomic E-state index is 5.92. The van der Waals surface area contributed by atoms with Crippen LogP contribution in [0, 0.1) is 0 Å². The first-order valence-corrected chi connectivity index (χ1v) is 7.70. The Morgan fingerprint density at radius 1 is 1.36 bits per heavy atom. The van der Waals surface area contributed by atoms with Gasteiger partial charge in [-0.05, 0) is 31.2 Å². The van der Waals surface area contributed by atoms with Crippen molar-refractivity contribution in [1.82, 2.24) is 9.47 Å². The second kappa shape index (κ2) is 7.84. The standard InChI is InChI=1S/C16H21ClN4O/c1-4-22-19-15(10-17)11-21-8-7-13-9-14(5-6-16(13)21)18-12-20(2)3/h5-9,12H,4,10-11H2,1-3H3/b18-12-,19-15-. The van der Waals surface area contributed by atoms with Crippen LogP contribution in [0.5, 0.6) is 0 Å². The van der Waals surface area contributed by atoms with Gasteiger partial charge < -0.3 is 14.3 Å². The van der Waals surface area contributed by atoms with Crippen molar-refractivity contribution in [3.63, 3.8) is 0 Å². The van der Waals surface area contributed by atoms with E-state index in [1.165, 1.54) is 0 Å². The Bertz CT molecular complexity index is 676. The lowest BCUT2D eigenvalue weighted by molar-refractivity contribution is 0.158. The van der Waals surface area contributed by atoms with Gasteiger partial charge in [-0.3, -0.25) is 0 Å². The van der Waals surface area contributed by atoms with Crippen LogP contribution >= 0.6 is 11.6 Å². The summed E-state index contributed by atoms with van der Waals surface area (Å²) in [6.07, 6.45) is 3.82.